The molecule has 0 amide bonds. The third kappa shape index (κ3) is 5.24. The summed E-state index contributed by atoms with van der Waals surface area (Å²) in [6.07, 6.45) is -24.2. The van der Waals surface area contributed by atoms with E-state index in [1.807, 2.05) is 0 Å². The summed E-state index contributed by atoms with van der Waals surface area (Å²) in [6.45, 7) is -1.59. The highest BCUT2D eigenvalue weighted by Gasteiger charge is 2.66. The van der Waals surface area contributed by atoms with Crippen molar-refractivity contribution < 1.29 is 57.8 Å². The molecule has 0 aromatic rings. The van der Waals surface area contributed by atoms with Crippen LogP contribution >= 0.6 is 0 Å². The van der Waals surface area contributed by atoms with E-state index in [4.69, 9.17) is 4.74 Å². The molecule has 0 radical (unpaired) electrons. The maximum Gasteiger partial charge on any atom is 0.425 e. The molecule has 14 heteroatoms. The van der Waals surface area contributed by atoms with Crippen molar-refractivity contribution >= 4 is 0 Å². The van der Waals surface area contributed by atoms with Gasteiger partial charge in [-0.15, -0.1) is 0 Å². The smallest absolute Gasteiger partial charge is 0.379 e. The van der Waals surface area contributed by atoms with Crippen molar-refractivity contribution in [3.8, 4) is 0 Å². The highest BCUT2D eigenvalue weighted by Crippen LogP contribution is 2.46. The molecule has 2 saturated heterocycles. The molecule has 29 heavy (non-hydrogen) atoms. The van der Waals surface area contributed by atoms with Gasteiger partial charge in [0.25, 0.3) is 12.1 Å². The van der Waals surface area contributed by atoms with Crippen LogP contribution in [0.15, 0.2) is 0 Å². The van der Waals surface area contributed by atoms with Crippen LogP contribution in [0.3, 0.4) is 0 Å². The fourth-order valence-corrected chi connectivity index (χ4v) is 3.45. The van der Waals surface area contributed by atoms with E-state index in [9.17, 15) is 48.3 Å². The summed E-state index contributed by atoms with van der Waals surface area (Å²) in [5.41, 5.74) is 0. The predicted octanol–water partition coefficient (Wildman–Crippen LogP) is 4.36. The monoisotopic (exact) mass is 453 g/mol. The van der Waals surface area contributed by atoms with Crippen molar-refractivity contribution in [2.75, 3.05) is 26.3 Å². The van der Waals surface area contributed by atoms with Crippen LogP contribution in [0.1, 0.15) is 19.3 Å². The van der Waals surface area contributed by atoms with Crippen LogP contribution < -0.4 is 0 Å². The van der Waals surface area contributed by atoms with Gasteiger partial charge in [0.15, 0.2) is 6.04 Å². The van der Waals surface area contributed by atoms with Gasteiger partial charge in [-0.2, -0.15) is 26.3 Å². The standard InChI is InChI=1S/C15H18F11NO2/c16-10(14(21,22)23)12(17,18)8-2-1-3-9(29-8)13(19,20)11(15(24,25)26)27-4-6-28-7-5-27/h8-11H,1-7H2. The number of nitrogens with zero attached hydrogens (tertiary/aromatic N) is 1. The van der Waals surface area contributed by atoms with Gasteiger partial charge in [0.1, 0.15) is 12.2 Å². The molecule has 0 aromatic heterocycles. The summed E-state index contributed by atoms with van der Waals surface area (Å²) in [6, 6.07) is -3.42. The summed E-state index contributed by atoms with van der Waals surface area (Å²) >= 11 is 0. The van der Waals surface area contributed by atoms with Crippen LogP contribution in [-0.2, 0) is 9.47 Å². The van der Waals surface area contributed by atoms with Gasteiger partial charge in [-0.25, -0.2) is 22.0 Å². The van der Waals surface area contributed by atoms with Crippen LogP contribution in [0.2, 0.25) is 0 Å². The van der Waals surface area contributed by atoms with Crippen LogP contribution in [0, 0.1) is 0 Å². The van der Waals surface area contributed by atoms with E-state index >= 15 is 0 Å². The Morgan fingerprint density at radius 1 is 0.724 bits per heavy atom. The molecule has 0 aliphatic carbocycles. The van der Waals surface area contributed by atoms with Crippen LogP contribution in [0.4, 0.5) is 48.3 Å². The molecule has 2 aliphatic rings. The Bertz CT molecular complexity index is 545. The quantitative estimate of drug-likeness (QED) is 0.578. The Morgan fingerprint density at radius 2 is 1.21 bits per heavy atom. The lowest BCUT2D eigenvalue weighted by Crippen LogP contribution is -2.64. The average Bonchev–Trinajstić information content (AvgIpc) is 2.60. The van der Waals surface area contributed by atoms with Gasteiger partial charge >= 0.3 is 18.3 Å². The molecule has 0 N–H and O–H groups in total. The lowest BCUT2D eigenvalue weighted by atomic mass is 9.91. The summed E-state index contributed by atoms with van der Waals surface area (Å²) in [5.74, 6) is -10.0. The first-order valence-electron chi connectivity index (χ1n) is 8.60. The second-order valence-electron chi connectivity index (χ2n) is 6.89. The molecule has 0 bridgehead atoms. The van der Waals surface area contributed by atoms with E-state index in [0.717, 1.165) is 0 Å². The summed E-state index contributed by atoms with van der Waals surface area (Å²) < 4.78 is 157. The van der Waals surface area contributed by atoms with E-state index in [1.165, 1.54) is 0 Å². The van der Waals surface area contributed by atoms with Gasteiger partial charge in [-0.05, 0) is 19.3 Å². The Morgan fingerprint density at radius 3 is 1.66 bits per heavy atom. The number of hydrogen-bond acceptors (Lipinski definition) is 3. The minimum absolute atomic E-state index is 0.274. The van der Waals surface area contributed by atoms with Gasteiger partial charge in [0.05, 0.1) is 13.2 Å². The Kier molecular flexibility index (Phi) is 7.00. The van der Waals surface area contributed by atoms with Gasteiger partial charge in [0.2, 0.25) is 0 Å². The fourth-order valence-electron chi connectivity index (χ4n) is 3.45. The highest BCUT2D eigenvalue weighted by atomic mass is 19.4. The van der Waals surface area contributed by atoms with Crippen molar-refractivity contribution in [2.45, 2.75) is 67.9 Å². The van der Waals surface area contributed by atoms with Crippen LogP contribution in [0.25, 0.3) is 0 Å². The molecule has 172 valence electrons. The van der Waals surface area contributed by atoms with Gasteiger partial charge < -0.3 is 9.47 Å². The second kappa shape index (κ2) is 8.33. The zero-order chi connectivity index (χ0) is 22.3. The molecule has 3 nitrogen and oxygen atoms in total. The number of morpholine rings is 1. The van der Waals surface area contributed by atoms with E-state index < -0.39 is 81.0 Å². The summed E-state index contributed by atoms with van der Waals surface area (Å²) in [7, 11) is 0. The molecule has 0 aromatic carbocycles. The van der Waals surface area contributed by atoms with Crippen molar-refractivity contribution in [1.82, 2.24) is 4.90 Å². The van der Waals surface area contributed by atoms with Gasteiger partial charge in [-0.1, -0.05) is 0 Å². The van der Waals surface area contributed by atoms with Crippen molar-refractivity contribution in [2.24, 2.45) is 0 Å². The molecule has 2 rings (SSSR count). The maximum atomic E-state index is 14.8. The molecule has 4 unspecified atom stereocenters. The van der Waals surface area contributed by atoms with Crippen molar-refractivity contribution in [1.29, 1.82) is 0 Å². The first-order chi connectivity index (χ1) is 13.1. The number of alkyl halides is 11. The second-order valence-corrected chi connectivity index (χ2v) is 6.89. The first-order valence-corrected chi connectivity index (χ1v) is 8.60. The minimum atomic E-state index is -6.00. The molecule has 0 saturated carbocycles. The van der Waals surface area contributed by atoms with E-state index in [1.54, 1.807) is 0 Å². The van der Waals surface area contributed by atoms with E-state index in [-0.39, 0.29) is 13.2 Å². The number of rotatable bonds is 5. The van der Waals surface area contributed by atoms with E-state index in [0.29, 0.717) is 4.90 Å². The lowest BCUT2D eigenvalue weighted by molar-refractivity contribution is -0.318. The molecule has 2 fully saturated rings. The molecular weight excluding hydrogens is 435 g/mol. The number of ether oxygens (including phenoxy) is 2. The fraction of sp³-hybridized carbons (Fsp3) is 1.00. The Labute approximate surface area is 158 Å². The average molecular weight is 453 g/mol. The third-order valence-corrected chi connectivity index (χ3v) is 4.83. The third-order valence-electron chi connectivity index (χ3n) is 4.83. The topological polar surface area (TPSA) is 21.7 Å². The lowest BCUT2D eigenvalue weighted by Gasteiger charge is -2.45. The Hall–Kier alpha value is -0.890. The van der Waals surface area contributed by atoms with Crippen molar-refractivity contribution in [3.05, 3.63) is 0 Å². The number of halogens is 11. The SMILES string of the molecule is FC(C(F)(F)F)C(F)(F)C1CCCC(C(F)(F)C(N2CCOCC2)C(F)(F)F)O1. The van der Waals surface area contributed by atoms with Crippen LogP contribution in [0.5, 0.6) is 0 Å². The molecule has 0 spiro atoms. The number of hydrogen-bond donors (Lipinski definition) is 0. The van der Waals surface area contributed by atoms with Gasteiger partial charge in [0, 0.05) is 13.1 Å². The normalized spacial score (nSPS) is 28.2. The van der Waals surface area contributed by atoms with E-state index in [2.05, 4.69) is 4.74 Å². The van der Waals surface area contributed by atoms with Gasteiger partial charge in [-0.3, -0.25) is 4.90 Å². The zero-order valence-electron chi connectivity index (χ0n) is 14.7. The summed E-state index contributed by atoms with van der Waals surface area (Å²) in [5, 5.41) is 0. The first kappa shape index (κ1) is 24.4. The van der Waals surface area contributed by atoms with Crippen molar-refractivity contribution in [3.63, 3.8) is 0 Å². The van der Waals surface area contributed by atoms with Crippen LogP contribution in [-0.4, -0.2) is 79.8 Å². The maximum absolute atomic E-state index is 14.8. The molecule has 4 atom stereocenters. The molecular formula is C15H18F11NO2. The Balaban J connectivity index is 2.26. The predicted molar refractivity (Wildman–Crippen MR) is 75.6 cm³/mol. The molecule has 2 heterocycles. The minimum Gasteiger partial charge on any atom is -0.379 e. The molecule has 2 aliphatic heterocycles. The largest absolute Gasteiger partial charge is 0.425 e. The zero-order valence-corrected chi connectivity index (χ0v) is 14.7. The highest BCUT2D eigenvalue weighted by molar-refractivity contribution is 5.00. The summed E-state index contributed by atoms with van der Waals surface area (Å²) in [4.78, 5) is 0.363.